The van der Waals surface area contributed by atoms with E-state index in [-0.39, 0.29) is 5.91 Å². The van der Waals surface area contributed by atoms with Crippen molar-refractivity contribution in [2.75, 3.05) is 5.32 Å². The van der Waals surface area contributed by atoms with Crippen molar-refractivity contribution in [1.82, 2.24) is 0 Å². The van der Waals surface area contributed by atoms with Gasteiger partial charge in [0, 0.05) is 19.0 Å². The van der Waals surface area contributed by atoms with Gasteiger partial charge in [-0.05, 0) is 17.7 Å². The maximum absolute atomic E-state index is 10.9. The maximum atomic E-state index is 10.9. The molecule has 1 aliphatic heterocycles. The molecule has 1 aromatic carbocycles. The first-order valence-electron chi connectivity index (χ1n) is 5.46. The summed E-state index contributed by atoms with van der Waals surface area (Å²) >= 11 is 0. The van der Waals surface area contributed by atoms with Gasteiger partial charge in [0.2, 0.25) is 12.0 Å². The second-order valence-corrected chi connectivity index (χ2v) is 4.00. The second-order valence-electron chi connectivity index (χ2n) is 4.00. The lowest BCUT2D eigenvalue weighted by atomic mass is 10.0. The largest absolute Gasteiger partial charge is 0.382 e. The van der Waals surface area contributed by atoms with E-state index in [9.17, 15) is 9.59 Å². The summed E-state index contributed by atoms with van der Waals surface area (Å²) in [7, 11) is 0. The zero-order chi connectivity index (χ0) is 13.1. The fraction of sp³-hybridized carbons (Fsp3) is 0.250. The zero-order valence-electron chi connectivity index (χ0n) is 9.84. The van der Waals surface area contributed by atoms with E-state index in [1.54, 1.807) is 24.3 Å². The van der Waals surface area contributed by atoms with Crippen LogP contribution < -0.4 is 11.1 Å². The highest BCUT2D eigenvalue weighted by atomic mass is 16.6. The van der Waals surface area contributed by atoms with E-state index in [1.165, 1.54) is 6.92 Å². The van der Waals surface area contributed by atoms with Gasteiger partial charge in [0.15, 0.2) is 0 Å². The predicted molar refractivity (Wildman–Crippen MR) is 66.0 cm³/mol. The van der Waals surface area contributed by atoms with E-state index in [4.69, 9.17) is 10.6 Å². The Hall–Kier alpha value is -2.37. The lowest BCUT2D eigenvalue weighted by Gasteiger charge is -2.04. The molecule has 1 atom stereocenters. The maximum Gasteiger partial charge on any atom is 0.261 e. The Bertz CT molecular complexity index is 508. The highest BCUT2D eigenvalue weighted by Crippen LogP contribution is 2.18. The number of benzene rings is 1. The van der Waals surface area contributed by atoms with Crippen LogP contribution in [0.15, 0.2) is 29.4 Å². The normalized spacial score (nSPS) is 17.8. The molecule has 2 rings (SSSR count). The number of carbonyl (C=O) groups is 2. The molecule has 0 bridgehead atoms. The summed E-state index contributed by atoms with van der Waals surface area (Å²) in [5.41, 5.74) is 7.35. The third-order valence-electron chi connectivity index (χ3n) is 2.52. The number of nitrogens with one attached hydrogen (secondary N) is 1. The first-order valence-corrected chi connectivity index (χ1v) is 5.46. The van der Waals surface area contributed by atoms with Gasteiger partial charge in [-0.3, -0.25) is 9.59 Å². The molecule has 0 saturated carbocycles. The van der Waals surface area contributed by atoms with Gasteiger partial charge in [0.1, 0.15) is 0 Å². The fourth-order valence-corrected chi connectivity index (χ4v) is 1.65. The van der Waals surface area contributed by atoms with Crippen LogP contribution in [-0.4, -0.2) is 23.6 Å². The molecule has 0 aliphatic carbocycles. The molecule has 0 spiro atoms. The molecule has 94 valence electrons. The minimum Gasteiger partial charge on any atom is -0.382 e. The minimum atomic E-state index is -0.685. The minimum absolute atomic E-state index is 0.127. The molecule has 1 heterocycles. The molecule has 0 radical (unpaired) electrons. The van der Waals surface area contributed by atoms with Crippen LogP contribution in [0.1, 0.15) is 18.9 Å². The SMILES string of the molecule is CC(=O)Nc1ccc(C2=NOC(C(N)=O)C2)cc1. The number of amides is 2. The summed E-state index contributed by atoms with van der Waals surface area (Å²) in [6.45, 7) is 1.44. The average Bonchev–Trinajstić information content (AvgIpc) is 2.78. The first kappa shape index (κ1) is 12.1. The monoisotopic (exact) mass is 247 g/mol. The summed E-state index contributed by atoms with van der Waals surface area (Å²) in [6, 6.07) is 7.13. The fourth-order valence-electron chi connectivity index (χ4n) is 1.65. The third kappa shape index (κ3) is 2.65. The molecule has 1 aliphatic rings. The number of hydrogen-bond acceptors (Lipinski definition) is 4. The van der Waals surface area contributed by atoms with Gasteiger partial charge in [-0.25, -0.2) is 0 Å². The number of nitrogens with zero attached hydrogens (tertiary/aromatic N) is 1. The molecule has 0 fully saturated rings. The highest BCUT2D eigenvalue weighted by molar-refractivity contribution is 6.04. The van der Waals surface area contributed by atoms with Crippen LogP contribution in [0.2, 0.25) is 0 Å². The predicted octanol–water partition coefficient (Wildman–Crippen LogP) is 0.623. The quantitative estimate of drug-likeness (QED) is 0.819. The van der Waals surface area contributed by atoms with Crippen molar-refractivity contribution >= 4 is 23.2 Å². The van der Waals surface area contributed by atoms with Crippen molar-refractivity contribution in [2.45, 2.75) is 19.4 Å². The molecule has 6 nitrogen and oxygen atoms in total. The van der Waals surface area contributed by atoms with E-state index in [1.807, 2.05) is 0 Å². The molecular weight excluding hydrogens is 234 g/mol. The standard InChI is InChI=1S/C12H13N3O3/c1-7(16)14-9-4-2-8(3-5-9)10-6-11(12(13)17)18-15-10/h2-5,11H,6H2,1H3,(H2,13,17)(H,14,16). The first-order chi connectivity index (χ1) is 8.56. The summed E-state index contributed by atoms with van der Waals surface area (Å²) in [5, 5.41) is 6.49. The Morgan fingerprint density at radius 3 is 2.56 bits per heavy atom. The second kappa shape index (κ2) is 4.87. The number of oxime groups is 1. The Morgan fingerprint density at radius 2 is 2.06 bits per heavy atom. The molecule has 0 saturated heterocycles. The summed E-state index contributed by atoms with van der Waals surface area (Å²) in [4.78, 5) is 26.7. The number of primary amides is 1. The number of rotatable bonds is 3. The smallest absolute Gasteiger partial charge is 0.261 e. The van der Waals surface area contributed by atoms with Crippen LogP contribution in [0.3, 0.4) is 0 Å². The average molecular weight is 247 g/mol. The van der Waals surface area contributed by atoms with Gasteiger partial charge < -0.3 is 15.9 Å². The topological polar surface area (TPSA) is 93.8 Å². The van der Waals surface area contributed by atoms with Gasteiger partial charge in [-0.15, -0.1) is 0 Å². The number of hydrogen-bond donors (Lipinski definition) is 2. The summed E-state index contributed by atoms with van der Waals surface area (Å²) < 4.78 is 0. The van der Waals surface area contributed by atoms with E-state index >= 15 is 0 Å². The summed E-state index contributed by atoms with van der Waals surface area (Å²) in [6.07, 6.45) is -0.315. The lowest BCUT2D eigenvalue weighted by molar-refractivity contribution is -0.127. The van der Waals surface area contributed by atoms with Crippen LogP contribution in [0.25, 0.3) is 0 Å². The number of anilines is 1. The zero-order valence-corrected chi connectivity index (χ0v) is 9.84. The van der Waals surface area contributed by atoms with Crippen molar-refractivity contribution in [2.24, 2.45) is 10.9 Å². The van der Waals surface area contributed by atoms with Crippen LogP contribution in [-0.2, 0) is 14.4 Å². The Morgan fingerprint density at radius 1 is 1.39 bits per heavy atom. The van der Waals surface area contributed by atoms with Crippen LogP contribution in [0, 0.1) is 0 Å². The lowest BCUT2D eigenvalue weighted by Crippen LogP contribution is -2.28. The Labute approximate surface area is 104 Å². The van der Waals surface area contributed by atoms with Crippen molar-refractivity contribution in [3.63, 3.8) is 0 Å². The Balaban J connectivity index is 2.07. The van der Waals surface area contributed by atoms with Crippen LogP contribution >= 0.6 is 0 Å². The van der Waals surface area contributed by atoms with Crippen LogP contribution in [0.5, 0.6) is 0 Å². The van der Waals surface area contributed by atoms with Gasteiger partial charge in [-0.1, -0.05) is 17.3 Å². The third-order valence-corrected chi connectivity index (χ3v) is 2.52. The van der Waals surface area contributed by atoms with Gasteiger partial charge in [0.05, 0.1) is 5.71 Å². The summed E-state index contributed by atoms with van der Waals surface area (Å²) in [5.74, 6) is -0.651. The van der Waals surface area contributed by atoms with Gasteiger partial charge >= 0.3 is 0 Å². The molecule has 2 amide bonds. The van der Waals surface area contributed by atoms with Crippen molar-refractivity contribution < 1.29 is 14.4 Å². The Kier molecular flexibility index (Phi) is 3.27. The molecule has 3 N–H and O–H groups in total. The molecule has 1 unspecified atom stereocenters. The molecular formula is C12H13N3O3. The number of carbonyl (C=O) groups excluding carboxylic acids is 2. The van der Waals surface area contributed by atoms with Crippen LogP contribution in [0.4, 0.5) is 5.69 Å². The van der Waals surface area contributed by atoms with E-state index in [0.29, 0.717) is 17.8 Å². The van der Waals surface area contributed by atoms with Crippen molar-refractivity contribution in [1.29, 1.82) is 0 Å². The number of nitrogens with two attached hydrogens (primary N) is 1. The van der Waals surface area contributed by atoms with Gasteiger partial charge in [0.25, 0.3) is 5.91 Å². The van der Waals surface area contributed by atoms with Crippen molar-refractivity contribution in [3.05, 3.63) is 29.8 Å². The van der Waals surface area contributed by atoms with E-state index in [0.717, 1.165) is 5.56 Å². The van der Waals surface area contributed by atoms with E-state index < -0.39 is 12.0 Å². The molecule has 1 aromatic rings. The molecule has 18 heavy (non-hydrogen) atoms. The van der Waals surface area contributed by atoms with E-state index in [2.05, 4.69) is 10.5 Å². The molecule has 6 heteroatoms. The highest BCUT2D eigenvalue weighted by Gasteiger charge is 2.26. The molecule has 0 aromatic heterocycles. The van der Waals surface area contributed by atoms with Crippen molar-refractivity contribution in [3.8, 4) is 0 Å². The van der Waals surface area contributed by atoms with Gasteiger partial charge in [-0.2, -0.15) is 0 Å².